The van der Waals surface area contributed by atoms with Crippen molar-refractivity contribution < 1.29 is 9.53 Å². The average molecular weight is 252 g/mol. The second-order valence-electron chi connectivity index (χ2n) is 4.68. The van der Waals surface area contributed by atoms with Crippen molar-refractivity contribution in [3.8, 4) is 0 Å². The molecule has 92 valence electrons. The minimum absolute atomic E-state index is 0.172. The molecule has 2 aliphatic heterocycles. The normalized spacial score (nSPS) is 29.2. The smallest absolute Gasteiger partial charge is 0.169 e. The van der Waals surface area contributed by atoms with Gasteiger partial charge in [0.1, 0.15) is 6.10 Å². The molecule has 0 saturated carbocycles. The van der Waals surface area contributed by atoms with E-state index in [4.69, 9.17) is 4.74 Å². The predicted octanol–water partition coefficient (Wildman–Crippen LogP) is 1.12. The lowest BCUT2D eigenvalue weighted by Crippen LogP contribution is -2.49. The lowest BCUT2D eigenvalue weighted by Gasteiger charge is -2.34. The van der Waals surface area contributed by atoms with E-state index in [1.165, 1.54) is 24.2 Å². The second kappa shape index (κ2) is 4.84. The van der Waals surface area contributed by atoms with Crippen LogP contribution in [-0.2, 0) is 16.0 Å². The third kappa shape index (κ3) is 2.41. The summed E-state index contributed by atoms with van der Waals surface area (Å²) in [6.07, 6.45) is 4.37. The number of hydrogen-bond acceptors (Lipinski definition) is 5. The zero-order valence-electron chi connectivity index (χ0n) is 9.67. The van der Waals surface area contributed by atoms with Crippen molar-refractivity contribution in [2.75, 3.05) is 19.7 Å². The molecule has 17 heavy (non-hydrogen) atoms. The Morgan fingerprint density at radius 1 is 1.65 bits per heavy atom. The zero-order chi connectivity index (χ0) is 11.7. The van der Waals surface area contributed by atoms with Gasteiger partial charge >= 0.3 is 0 Å². The van der Waals surface area contributed by atoms with E-state index in [9.17, 15) is 4.79 Å². The number of morpholine rings is 1. The maximum Gasteiger partial charge on any atom is 0.169 e. The molecular weight excluding hydrogens is 236 g/mol. The van der Waals surface area contributed by atoms with Crippen LogP contribution in [-0.4, -0.2) is 47.5 Å². The molecule has 0 aliphatic carbocycles. The molecule has 2 saturated heterocycles. The molecule has 0 radical (unpaired) electrons. The maximum absolute atomic E-state index is 12.1. The molecule has 1 aromatic heterocycles. The van der Waals surface area contributed by atoms with Gasteiger partial charge < -0.3 is 4.74 Å². The van der Waals surface area contributed by atoms with Crippen LogP contribution in [0.15, 0.2) is 11.6 Å². The fourth-order valence-corrected chi connectivity index (χ4v) is 3.24. The van der Waals surface area contributed by atoms with Crippen LogP contribution in [0.1, 0.15) is 17.8 Å². The summed E-state index contributed by atoms with van der Waals surface area (Å²) in [6.45, 7) is 2.61. The first-order chi connectivity index (χ1) is 8.33. The highest BCUT2D eigenvalue weighted by Gasteiger charge is 2.35. The van der Waals surface area contributed by atoms with E-state index in [-0.39, 0.29) is 11.9 Å². The number of nitrogens with zero attached hydrogens (tertiary/aromatic N) is 2. The first kappa shape index (κ1) is 11.3. The number of aromatic nitrogens is 1. The quantitative estimate of drug-likeness (QED) is 0.808. The van der Waals surface area contributed by atoms with E-state index in [2.05, 4.69) is 9.88 Å². The number of fused-ring (bicyclic) bond motifs is 1. The summed E-state index contributed by atoms with van der Waals surface area (Å²) in [5.74, 6) is 0.172. The van der Waals surface area contributed by atoms with Crippen molar-refractivity contribution in [1.29, 1.82) is 0 Å². The van der Waals surface area contributed by atoms with Gasteiger partial charge in [-0.2, -0.15) is 0 Å². The van der Waals surface area contributed by atoms with Crippen molar-refractivity contribution in [2.45, 2.75) is 31.4 Å². The lowest BCUT2D eigenvalue weighted by molar-refractivity contribution is -0.137. The van der Waals surface area contributed by atoms with Gasteiger partial charge in [-0.15, -0.1) is 11.3 Å². The third-order valence-electron chi connectivity index (χ3n) is 3.56. The van der Waals surface area contributed by atoms with Gasteiger partial charge in [0.2, 0.25) is 0 Å². The van der Waals surface area contributed by atoms with Crippen LogP contribution in [0.2, 0.25) is 0 Å². The summed E-state index contributed by atoms with van der Waals surface area (Å²) in [5.41, 5.74) is 0. The third-order valence-corrected chi connectivity index (χ3v) is 4.34. The van der Waals surface area contributed by atoms with Crippen molar-refractivity contribution in [2.24, 2.45) is 0 Å². The molecule has 0 bridgehead atoms. The van der Waals surface area contributed by atoms with Gasteiger partial charge in [0, 0.05) is 24.2 Å². The average Bonchev–Trinajstić information content (AvgIpc) is 2.97. The number of thiazole rings is 1. The molecule has 0 spiro atoms. The van der Waals surface area contributed by atoms with Crippen molar-refractivity contribution in [3.05, 3.63) is 16.6 Å². The van der Waals surface area contributed by atoms with Crippen molar-refractivity contribution in [3.63, 3.8) is 0 Å². The topological polar surface area (TPSA) is 42.4 Å². The van der Waals surface area contributed by atoms with E-state index in [1.54, 1.807) is 6.20 Å². The Morgan fingerprint density at radius 3 is 3.41 bits per heavy atom. The summed E-state index contributed by atoms with van der Waals surface area (Å²) in [7, 11) is 0. The number of rotatable bonds is 3. The highest BCUT2D eigenvalue weighted by molar-refractivity contribution is 7.09. The molecule has 0 amide bonds. The van der Waals surface area contributed by atoms with Crippen LogP contribution in [0.5, 0.6) is 0 Å². The van der Waals surface area contributed by atoms with E-state index in [0.29, 0.717) is 19.1 Å². The molecule has 0 aromatic carbocycles. The van der Waals surface area contributed by atoms with Gasteiger partial charge in [-0.05, 0) is 19.4 Å². The first-order valence-corrected chi connectivity index (χ1v) is 6.97. The van der Waals surface area contributed by atoms with Crippen LogP contribution in [0.25, 0.3) is 0 Å². The molecular formula is C12H16N2O2S. The van der Waals surface area contributed by atoms with Gasteiger partial charge in [-0.1, -0.05) is 0 Å². The van der Waals surface area contributed by atoms with E-state index >= 15 is 0 Å². The summed E-state index contributed by atoms with van der Waals surface area (Å²) < 4.78 is 5.69. The molecule has 2 aliphatic rings. The summed E-state index contributed by atoms with van der Waals surface area (Å²) in [6, 6.07) is 0.555. The minimum atomic E-state index is -0.242. The van der Waals surface area contributed by atoms with E-state index in [0.717, 1.165) is 18.1 Å². The Hall–Kier alpha value is -0.780. The standard InChI is InChI=1S/C12H16N2O2S/c15-10(6-12-13-3-5-17-12)11-7-14-4-1-2-9(14)8-16-11/h3,5,9,11H,1-2,4,6-8H2. The number of hydrogen-bond donors (Lipinski definition) is 0. The summed E-state index contributed by atoms with van der Waals surface area (Å²) in [4.78, 5) is 18.6. The lowest BCUT2D eigenvalue weighted by atomic mass is 10.1. The Bertz CT molecular complexity index is 393. The second-order valence-corrected chi connectivity index (χ2v) is 5.66. The fourth-order valence-electron chi connectivity index (χ4n) is 2.62. The largest absolute Gasteiger partial charge is 0.367 e. The fraction of sp³-hybridized carbons (Fsp3) is 0.667. The molecule has 1 aromatic rings. The highest BCUT2D eigenvalue weighted by atomic mass is 32.1. The molecule has 2 unspecified atom stereocenters. The van der Waals surface area contributed by atoms with Gasteiger partial charge in [-0.25, -0.2) is 4.98 Å². The number of ketones is 1. The predicted molar refractivity (Wildman–Crippen MR) is 65.2 cm³/mol. The molecule has 3 heterocycles. The van der Waals surface area contributed by atoms with Crippen LogP contribution in [0, 0.1) is 0 Å². The Kier molecular flexibility index (Phi) is 3.22. The molecule has 4 nitrogen and oxygen atoms in total. The molecule has 2 fully saturated rings. The van der Waals surface area contributed by atoms with Gasteiger partial charge in [0.25, 0.3) is 0 Å². The Morgan fingerprint density at radius 2 is 2.59 bits per heavy atom. The summed E-state index contributed by atoms with van der Waals surface area (Å²) >= 11 is 1.53. The highest BCUT2D eigenvalue weighted by Crippen LogP contribution is 2.23. The van der Waals surface area contributed by atoms with E-state index < -0.39 is 0 Å². The van der Waals surface area contributed by atoms with Crippen LogP contribution >= 0.6 is 11.3 Å². The van der Waals surface area contributed by atoms with Crippen molar-refractivity contribution in [1.82, 2.24) is 9.88 Å². The van der Waals surface area contributed by atoms with Crippen LogP contribution in [0.4, 0.5) is 0 Å². The molecule has 0 N–H and O–H groups in total. The van der Waals surface area contributed by atoms with Crippen LogP contribution in [0.3, 0.4) is 0 Å². The van der Waals surface area contributed by atoms with E-state index in [1.807, 2.05) is 5.38 Å². The Balaban J connectivity index is 1.59. The molecule has 2 atom stereocenters. The molecule has 5 heteroatoms. The number of carbonyl (C=O) groups is 1. The first-order valence-electron chi connectivity index (χ1n) is 6.09. The van der Waals surface area contributed by atoms with Gasteiger partial charge in [0.05, 0.1) is 18.0 Å². The maximum atomic E-state index is 12.1. The molecule has 3 rings (SSSR count). The van der Waals surface area contributed by atoms with Crippen LogP contribution < -0.4 is 0 Å². The number of Topliss-reactive ketones (excluding diaryl/α,β-unsaturated/α-hetero) is 1. The van der Waals surface area contributed by atoms with Gasteiger partial charge in [0.15, 0.2) is 5.78 Å². The number of ether oxygens (including phenoxy) is 1. The Labute approximate surface area is 105 Å². The monoisotopic (exact) mass is 252 g/mol. The number of carbonyl (C=O) groups excluding carboxylic acids is 1. The minimum Gasteiger partial charge on any atom is -0.367 e. The van der Waals surface area contributed by atoms with Crippen molar-refractivity contribution >= 4 is 17.1 Å². The summed E-state index contributed by atoms with van der Waals surface area (Å²) in [5, 5.41) is 2.79. The van der Waals surface area contributed by atoms with Gasteiger partial charge in [-0.3, -0.25) is 9.69 Å². The SMILES string of the molecule is O=C(Cc1nccs1)C1CN2CCCC2CO1. The zero-order valence-corrected chi connectivity index (χ0v) is 10.5.